The Hall–Kier alpha value is -3.52. The minimum atomic E-state index is 0.372. The smallest absolute Gasteiger partial charge is 0.203 e. The number of hydrogen-bond acceptors (Lipinski definition) is 7. The average Bonchev–Trinajstić information content (AvgIpc) is 3.59. The zero-order chi connectivity index (χ0) is 23.7. The number of nitrogens with one attached hydrogen (secondary N) is 1. The van der Waals surface area contributed by atoms with Crippen molar-refractivity contribution in [2.24, 2.45) is 0 Å². The van der Waals surface area contributed by atoms with Gasteiger partial charge in [0.05, 0.1) is 37.9 Å². The van der Waals surface area contributed by atoms with E-state index in [4.69, 9.17) is 24.3 Å². The van der Waals surface area contributed by atoms with Crippen LogP contribution in [0.1, 0.15) is 28.4 Å². The van der Waals surface area contributed by atoms with Crippen molar-refractivity contribution in [3.05, 3.63) is 71.0 Å². The van der Waals surface area contributed by atoms with Gasteiger partial charge in [-0.05, 0) is 54.7 Å². The van der Waals surface area contributed by atoms with E-state index in [1.54, 1.807) is 32.7 Å². The van der Waals surface area contributed by atoms with Crippen molar-refractivity contribution < 1.29 is 14.2 Å². The number of anilines is 1. The first-order valence-electron chi connectivity index (χ1n) is 11.2. The first-order chi connectivity index (χ1) is 16.6. The van der Waals surface area contributed by atoms with Crippen molar-refractivity contribution in [2.45, 2.75) is 32.4 Å². The minimum Gasteiger partial charge on any atom is -0.493 e. The molecule has 2 heterocycles. The van der Waals surface area contributed by atoms with Gasteiger partial charge in [0.1, 0.15) is 5.69 Å². The standard InChI is InChI=1S/C26H28N4O3S/c1-16-25(21-9-10-30(29-21)20-13-18-7-5-6-8-19(18)14-20)34-26(28-16)27-15-17-11-22(31-2)24(33-4)23(12-17)32-3/h5-12,20H,13-15H2,1-4H3,(H,27,28). The molecule has 0 fully saturated rings. The number of benzene rings is 2. The fourth-order valence-electron chi connectivity index (χ4n) is 4.51. The van der Waals surface area contributed by atoms with Gasteiger partial charge in [-0.15, -0.1) is 0 Å². The monoisotopic (exact) mass is 476 g/mol. The number of nitrogens with zero attached hydrogens (tertiary/aromatic N) is 3. The molecule has 8 heteroatoms. The van der Waals surface area contributed by atoms with Crippen LogP contribution in [0.5, 0.6) is 17.2 Å². The third-order valence-corrected chi connectivity index (χ3v) is 7.35. The normalized spacial score (nSPS) is 13.1. The first kappa shape index (κ1) is 22.3. The van der Waals surface area contributed by atoms with Crippen LogP contribution in [-0.4, -0.2) is 36.1 Å². The lowest BCUT2D eigenvalue weighted by Gasteiger charge is -2.14. The maximum atomic E-state index is 5.46. The molecule has 7 nitrogen and oxygen atoms in total. The number of aryl methyl sites for hydroxylation is 1. The summed E-state index contributed by atoms with van der Waals surface area (Å²) in [5, 5.41) is 9.19. The van der Waals surface area contributed by atoms with Crippen LogP contribution in [-0.2, 0) is 19.4 Å². The molecule has 1 aliphatic carbocycles. The van der Waals surface area contributed by atoms with Gasteiger partial charge in [0.25, 0.3) is 0 Å². The molecular weight excluding hydrogens is 448 g/mol. The molecule has 1 N–H and O–H groups in total. The van der Waals surface area contributed by atoms with Crippen LogP contribution in [0.15, 0.2) is 48.7 Å². The summed E-state index contributed by atoms with van der Waals surface area (Å²) in [5.74, 6) is 1.85. The average molecular weight is 477 g/mol. The van der Waals surface area contributed by atoms with Gasteiger partial charge < -0.3 is 19.5 Å². The summed E-state index contributed by atoms with van der Waals surface area (Å²) in [6, 6.07) is 15.0. The number of aromatic nitrogens is 3. The van der Waals surface area contributed by atoms with Gasteiger partial charge >= 0.3 is 0 Å². The van der Waals surface area contributed by atoms with E-state index < -0.39 is 0 Å². The SMILES string of the molecule is COc1cc(CNc2nc(C)c(-c3ccn(C4Cc5ccccc5C4)n3)s2)cc(OC)c1OC. The molecule has 1 aliphatic rings. The topological polar surface area (TPSA) is 70.4 Å². The third kappa shape index (κ3) is 4.21. The molecule has 0 radical (unpaired) electrons. The largest absolute Gasteiger partial charge is 0.493 e. The molecule has 0 saturated heterocycles. The molecule has 0 amide bonds. The summed E-state index contributed by atoms with van der Waals surface area (Å²) in [6.45, 7) is 2.61. The fourth-order valence-corrected chi connectivity index (χ4v) is 5.44. The quantitative estimate of drug-likeness (QED) is 0.373. The van der Waals surface area contributed by atoms with E-state index >= 15 is 0 Å². The number of methoxy groups -OCH3 is 3. The van der Waals surface area contributed by atoms with Crippen LogP contribution in [0.25, 0.3) is 10.6 Å². The molecule has 0 aliphatic heterocycles. The molecule has 0 saturated carbocycles. The Morgan fingerprint density at radius 3 is 2.29 bits per heavy atom. The van der Waals surface area contributed by atoms with Crippen molar-refractivity contribution in [3.8, 4) is 27.8 Å². The Morgan fingerprint density at radius 1 is 1.00 bits per heavy atom. The minimum absolute atomic E-state index is 0.372. The van der Waals surface area contributed by atoms with Gasteiger partial charge in [-0.3, -0.25) is 4.68 Å². The molecule has 0 unspecified atom stereocenters. The maximum Gasteiger partial charge on any atom is 0.203 e. The highest BCUT2D eigenvalue weighted by Crippen LogP contribution is 2.39. The second-order valence-corrected chi connectivity index (χ2v) is 9.33. The van der Waals surface area contributed by atoms with Crippen LogP contribution in [0.4, 0.5) is 5.13 Å². The zero-order valence-electron chi connectivity index (χ0n) is 19.8. The van der Waals surface area contributed by atoms with E-state index in [1.165, 1.54) is 11.1 Å². The van der Waals surface area contributed by atoms with Crippen LogP contribution < -0.4 is 19.5 Å². The van der Waals surface area contributed by atoms with Crippen molar-refractivity contribution in [2.75, 3.05) is 26.6 Å². The van der Waals surface area contributed by atoms with Crippen LogP contribution >= 0.6 is 11.3 Å². The Labute approximate surface area is 203 Å². The summed E-state index contributed by atoms with van der Waals surface area (Å²) in [6.07, 6.45) is 4.15. The molecular formula is C26H28N4O3S. The number of thiazole rings is 1. The highest BCUT2D eigenvalue weighted by atomic mass is 32.1. The van der Waals surface area contributed by atoms with Crippen molar-refractivity contribution >= 4 is 16.5 Å². The van der Waals surface area contributed by atoms with Gasteiger partial charge in [0.15, 0.2) is 16.6 Å². The molecule has 34 heavy (non-hydrogen) atoms. The van der Waals surface area contributed by atoms with E-state index in [0.717, 1.165) is 39.8 Å². The van der Waals surface area contributed by atoms with Crippen LogP contribution in [0, 0.1) is 6.92 Å². The molecule has 4 aromatic rings. The lowest BCUT2D eigenvalue weighted by Crippen LogP contribution is -2.09. The summed E-state index contributed by atoms with van der Waals surface area (Å²) in [4.78, 5) is 5.82. The Bertz CT molecular complexity index is 1260. The van der Waals surface area contributed by atoms with E-state index in [9.17, 15) is 0 Å². The Kier molecular flexibility index (Phi) is 6.15. The summed E-state index contributed by atoms with van der Waals surface area (Å²) in [7, 11) is 4.84. The van der Waals surface area contributed by atoms with Gasteiger partial charge in [-0.25, -0.2) is 4.98 Å². The Morgan fingerprint density at radius 2 is 1.68 bits per heavy atom. The number of fused-ring (bicyclic) bond motifs is 1. The van der Waals surface area contributed by atoms with Crippen LogP contribution in [0.2, 0.25) is 0 Å². The lowest BCUT2D eigenvalue weighted by atomic mass is 10.1. The van der Waals surface area contributed by atoms with Gasteiger partial charge in [-0.1, -0.05) is 35.6 Å². The molecule has 176 valence electrons. The van der Waals surface area contributed by atoms with E-state index in [0.29, 0.717) is 29.8 Å². The second kappa shape index (κ2) is 9.38. The molecule has 0 spiro atoms. The van der Waals surface area contributed by atoms with Gasteiger partial charge in [-0.2, -0.15) is 5.10 Å². The van der Waals surface area contributed by atoms with E-state index in [2.05, 4.69) is 46.5 Å². The van der Waals surface area contributed by atoms with E-state index in [-0.39, 0.29) is 0 Å². The first-order valence-corrected chi connectivity index (χ1v) is 12.0. The molecule has 0 bridgehead atoms. The molecule has 2 aromatic heterocycles. The lowest BCUT2D eigenvalue weighted by molar-refractivity contribution is 0.324. The number of hydrogen-bond donors (Lipinski definition) is 1. The number of ether oxygens (including phenoxy) is 3. The van der Waals surface area contributed by atoms with Gasteiger partial charge in [0.2, 0.25) is 5.75 Å². The predicted octanol–water partition coefficient (Wildman–Crippen LogP) is 5.29. The predicted molar refractivity (Wildman–Crippen MR) is 134 cm³/mol. The fraction of sp³-hybridized carbons (Fsp3) is 0.308. The highest BCUT2D eigenvalue weighted by Gasteiger charge is 2.24. The third-order valence-electron chi connectivity index (χ3n) is 6.21. The van der Waals surface area contributed by atoms with Crippen molar-refractivity contribution in [1.82, 2.24) is 14.8 Å². The maximum absolute atomic E-state index is 5.46. The number of rotatable bonds is 8. The van der Waals surface area contributed by atoms with Crippen LogP contribution in [0.3, 0.4) is 0 Å². The molecule has 5 rings (SSSR count). The summed E-state index contributed by atoms with van der Waals surface area (Å²) in [5.41, 5.74) is 5.80. The second-order valence-electron chi connectivity index (χ2n) is 8.33. The Balaban J connectivity index is 1.30. The molecule has 0 atom stereocenters. The zero-order valence-corrected chi connectivity index (χ0v) is 20.6. The van der Waals surface area contributed by atoms with E-state index in [1.807, 2.05) is 19.1 Å². The summed E-state index contributed by atoms with van der Waals surface area (Å²) < 4.78 is 18.4. The van der Waals surface area contributed by atoms with Crippen molar-refractivity contribution in [1.29, 1.82) is 0 Å². The molecule has 2 aromatic carbocycles. The highest BCUT2D eigenvalue weighted by molar-refractivity contribution is 7.19. The summed E-state index contributed by atoms with van der Waals surface area (Å²) >= 11 is 1.62. The van der Waals surface area contributed by atoms with Crippen molar-refractivity contribution in [3.63, 3.8) is 0 Å². The van der Waals surface area contributed by atoms with Gasteiger partial charge in [0, 0.05) is 12.7 Å².